The van der Waals surface area contributed by atoms with Crippen LogP contribution in [-0.4, -0.2) is 61.7 Å². The highest BCUT2D eigenvalue weighted by Gasteiger charge is 2.23. The van der Waals surface area contributed by atoms with E-state index in [1.165, 1.54) is 4.90 Å². The summed E-state index contributed by atoms with van der Waals surface area (Å²) in [6.45, 7) is 0.627. The van der Waals surface area contributed by atoms with Gasteiger partial charge >= 0.3 is 0 Å². The number of thiazole rings is 1. The number of carbonyl (C=O) groups is 1. The maximum atomic E-state index is 12.2. The number of aromatic nitrogens is 4. The molecule has 0 radical (unpaired) electrons. The molecular formula is C23H26N6O2S. The van der Waals surface area contributed by atoms with E-state index in [-0.39, 0.29) is 18.1 Å². The zero-order chi connectivity index (χ0) is 22.2. The monoisotopic (exact) mass is 450 g/mol. The van der Waals surface area contributed by atoms with Crippen LogP contribution in [0, 0.1) is 0 Å². The van der Waals surface area contributed by atoms with Gasteiger partial charge in [0.2, 0.25) is 0 Å². The highest BCUT2D eigenvalue weighted by atomic mass is 32.1. The lowest BCUT2D eigenvalue weighted by atomic mass is 9.93. The average molecular weight is 451 g/mol. The lowest BCUT2D eigenvalue weighted by Crippen LogP contribution is -2.36. The highest BCUT2D eigenvalue weighted by molar-refractivity contribution is 7.22. The van der Waals surface area contributed by atoms with Gasteiger partial charge in [-0.1, -0.05) is 30.2 Å². The quantitative estimate of drug-likeness (QED) is 0.483. The number of nitrogens with zero attached hydrogens (tertiary/aromatic N) is 5. The summed E-state index contributed by atoms with van der Waals surface area (Å²) in [4.78, 5) is 27.3. The second kappa shape index (κ2) is 8.48. The summed E-state index contributed by atoms with van der Waals surface area (Å²) in [6.07, 6.45) is 7.12. The molecular weight excluding hydrogens is 424 g/mol. The number of amides is 1. The number of hydrogen-bond donors (Lipinski definition) is 2. The molecule has 4 aromatic rings. The minimum absolute atomic E-state index is 0.0800. The van der Waals surface area contributed by atoms with Gasteiger partial charge in [-0.05, 0) is 36.6 Å². The molecule has 1 aliphatic rings. The van der Waals surface area contributed by atoms with E-state index in [9.17, 15) is 9.90 Å². The Morgan fingerprint density at radius 1 is 1.22 bits per heavy atom. The van der Waals surface area contributed by atoms with E-state index in [1.54, 1.807) is 44.0 Å². The molecule has 2 atom stereocenters. The summed E-state index contributed by atoms with van der Waals surface area (Å²) in [6, 6.07) is 8.11. The summed E-state index contributed by atoms with van der Waals surface area (Å²) in [5.74, 6) is -0.0882. The number of nitrogens with one attached hydrogen (secondary N) is 1. The molecule has 9 heteroatoms. The molecule has 1 saturated carbocycles. The third kappa shape index (κ3) is 4.05. The molecule has 0 bridgehead atoms. The summed E-state index contributed by atoms with van der Waals surface area (Å²) >= 11 is 1.62. The first-order valence-corrected chi connectivity index (χ1v) is 11.7. The van der Waals surface area contributed by atoms with Gasteiger partial charge in [0, 0.05) is 20.3 Å². The Morgan fingerprint density at radius 2 is 2.06 bits per heavy atom. The number of aliphatic hydroxyl groups is 1. The van der Waals surface area contributed by atoms with Gasteiger partial charge in [0.25, 0.3) is 5.91 Å². The number of aliphatic hydroxyl groups excluding tert-OH is 1. The first kappa shape index (κ1) is 20.8. The van der Waals surface area contributed by atoms with Gasteiger partial charge in [0.05, 0.1) is 40.8 Å². The van der Waals surface area contributed by atoms with Crippen molar-refractivity contribution in [2.45, 2.75) is 44.4 Å². The Bertz CT molecular complexity index is 1280. The third-order valence-electron chi connectivity index (χ3n) is 5.95. The molecule has 0 spiro atoms. The lowest BCUT2D eigenvalue weighted by molar-refractivity contribution is 0.0827. The van der Waals surface area contributed by atoms with Crippen LogP contribution in [0.15, 0.2) is 36.8 Å². The minimum Gasteiger partial charge on any atom is -0.391 e. The molecule has 166 valence electrons. The molecule has 1 aliphatic carbocycles. The summed E-state index contributed by atoms with van der Waals surface area (Å²) in [5.41, 5.74) is 4.06. The van der Waals surface area contributed by atoms with Gasteiger partial charge in [-0.25, -0.2) is 15.0 Å². The number of anilines is 1. The molecule has 1 fully saturated rings. The van der Waals surface area contributed by atoms with E-state index in [2.05, 4.69) is 27.4 Å². The number of hydrogen-bond acceptors (Lipinski definition) is 7. The molecule has 3 aromatic heterocycles. The van der Waals surface area contributed by atoms with Crippen molar-refractivity contribution in [1.29, 1.82) is 0 Å². The van der Waals surface area contributed by atoms with Gasteiger partial charge < -0.3 is 19.9 Å². The molecule has 32 heavy (non-hydrogen) atoms. The summed E-state index contributed by atoms with van der Waals surface area (Å²) < 4.78 is 3.09. The fourth-order valence-corrected chi connectivity index (χ4v) is 5.19. The Hall–Kier alpha value is -3.04. The van der Waals surface area contributed by atoms with Crippen molar-refractivity contribution >= 4 is 43.8 Å². The maximum absolute atomic E-state index is 12.2. The normalized spacial score (nSPS) is 18.8. The second-order valence-corrected chi connectivity index (χ2v) is 9.59. The molecule has 1 amide bonds. The van der Waals surface area contributed by atoms with Crippen LogP contribution in [-0.2, 0) is 6.54 Å². The SMILES string of the molecule is CN(C)C(=O)c1cnc2c(c1)ncn2Cc1ccc2nc(NC3CCCCC3O)sc2c1. The van der Waals surface area contributed by atoms with Crippen molar-refractivity contribution in [3.63, 3.8) is 0 Å². The predicted molar refractivity (Wildman–Crippen MR) is 126 cm³/mol. The zero-order valence-corrected chi connectivity index (χ0v) is 19.0. The average Bonchev–Trinajstić information content (AvgIpc) is 3.37. The maximum Gasteiger partial charge on any atom is 0.254 e. The number of benzene rings is 1. The topological polar surface area (TPSA) is 96.2 Å². The van der Waals surface area contributed by atoms with E-state index < -0.39 is 0 Å². The molecule has 2 N–H and O–H groups in total. The van der Waals surface area contributed by atoms with Crippen molar-refractivity contribution in [1.82, 2.24) is 24.4 Å². The summed E-state index contributed by atoms with van der Waals surface area (Å²) in [7, 11) is 3.44. The Kier molecular flexibility index (Phi) is 5.52. The fraction of sp³-hybridized carbons (Fsp3) is 0.391. The number of rotatable bonds is 5. The standard InChI is InChI=1S/C23H26N6O2S/c1-28(2)22(31)15-10-18-21(24-11-15)29(13-25-18)12-14-7-8-17-20(9-14)32-23(27-17)26-16-5-3-4-6-19(16)30/h7-11,13,16,19,30H,3-6,12H2,1-2H3,(H,26,27). The largest absolute Gasteiger partial charge is 0.391 e. The van der Waals surface area contributed by atoms with Crippen LogP contribution in [0.4, 0.5) is 5.13 Å². The van der Waals surface area contributed by atoms with Crippen molar-refractivity contribution < 1.29 is 9.90 Å². The van der Waals surface area contributed by atoms with Crippen LogP contribution >= 0.6 is 11.3 Å². The van der Waals surface area contributed by atoms with Crippen molar-refractivity contribution in [3.8, 4) is 0 Å². The lowest BCUT2D eigenvalue weighted by Gasteiger charge is -2.27. The molecule has 2 unspecified atom stereocenters. The van der Waals surface area contributed by atoms with Gasteiger partial charge in [0.15, 0.2) is 10.8 Å². The van der Waals surface area contributed by atoms with Crippen LogP contribution in [0.25, 0.3) is 21.4 Å². The fourth-order valence-electron chi connectivity index (χ4n) is 4.20. The van der Waals surface area contributed by atoms with Crippen LogP contribution in [0.1, 0.15) is 41.6 Å². The number of imidazole rings is 1. The number of fused-ring (bicyclic) bond motifs is 2. The summed E-state index contributed by atoms with van der Waals surface area (Å²) in [5, 5.41) is 14.5. The number of carbonyl (C=O) groups excluding carboxylic acids is 1. The van der Waals surface area contributed by atoms with Crippen LogP contribution in [0.3, 0.4) is 0 Å². The van der Waals surface area contributed by atoms with Gasteiger partial charge in [-0.15, -0.1) is 0 Å². The molecule has 1 aromatic carbocycles. The van der Waals surface area contributed by atoms with E-state index in [0.29, 0.717) is 17.6 Å². The molecule has 0 aliphatic heterocycles. The van der Waals surface area contributed by atoms with E-state index in [4.69, 9.17) is 4.98 Å². The second-order valence-electron chi connectivity index (χ2n) is 8.56. The van der Waals surface area contributed by atoms with Crippen molar-refractivity contribution in [2.24, 2.45) is 0 Å². The molecule has 5 rings (SSSR count). The van der Waals surface area contributed by atoms with Crippen LogP contribution < -0.4 is 5.32 Å². The number of pyridine rings is 1. The Labute approximate surface area is 189 Å². The Morgan fingerprint density at radius 3 is 2.88 bits per heavy atom. The highest BCUT2D eigenvalue weighted by Crippen LogP contribution is 2.30. The third-order valence-corrected chi connectivity index (χ3v) is 6.90. The van der Waals surface area contributed by atoms with Crippen molar-refractivity contribution in [2.75, 3.05) is 19.4 Å². The minimum atomic E-state index is -0.304. The molecule has 3 heterocycles. The van der Waals surface area contributed by atoms with Gasteiger partial charge in [-0.2, -0.15) is 0 Å². The molecule has 0 saturated heterocycles. The first-order valence-electron chi connectivity index (χ1n) is 10.8. The predicted octanol–water partition coefficient (Wildman–Crippen LogP) is 3.51. The van der Waals surface area contributed by atoms with Crippen LogP contribution in [0.5, 0.6) is 0 Å². The Balaban J connectivity index is 1.36. The van der Waals surface area contributed by atoms with Crippen LogP contribution in [0.2, 0.25) is 0 Å². The zero-order valence-electron chi connectivity index (χ0n) is 18.2. The van der Waals surface area contributed by atoms with E-state index in [1.807, 2.05) is 10.6 Å². The van der Waals surface area contributed by atoms with E-state index in [0.717, 1.165) is 52.2 Å². The first-order chi connectivity index (χ1) is 15.5. The van der Waals surface area contributed by atoms with Gasteiger partial charge in [-0.3, -0.25) is 4.79 Å². The van der Waals surface area contributed by atoms with Gasteiger partial charge in [0.1, 0.15) is 5.52 Å². The molecule has 8 nitrogen and oxygen atoms in total. The van der Waals surface area contributed by atoms with Crippen molar-refractivity contribution in [3.05, 3.63) is 47.9 Å². The van der Waals surface area contributed by atoms with E-state index >= 15 is 0 Å². The smallest absolute Gasteiger partial charge is 0.254 e.